The van der Waals surface area contributed by atoms with E-state index in [0.717, 1.165) is 23.7 Å². The van der Waals surface area contributed by atoms with Crippen LogP contribution in [0.4, 0.5) is 4.39 Å². The van der Waals surface area contributed by atoms with Crippen LogP contribution in [-0.4, -0.2) is 19.2 Å². The molecule has 0 aromatic heterocycles. The molecule has 3 nitrogen and oxygen atoms in total. The van der Waals surface area contributed by atoms with Crippen molar-refractivity contribution in [3.63, 3.8) is 0 Å². The van der Waals surface area contributed by atoms with E-state index < -0.39 is 0 Å². The van der Waals surface area contributed by atoms with E-state index in [4.69, 9.17) is 9.47 Å². The van der Waals surface area contributed by atoms with Crippen LogP contribution in [0.1, 0.15) is 32.6 Å². The fourth-order valence-electron chi connectivity index (χ4n) is 1.55. The van der Waals surface area contributed by atoms with Crippen molar-refractivity contribution in [1.82, 2.24) is 0 Å². The van der Waals surface area contributed by atoms with E-state index in [1.807, 2.05) is 0 Å². The van der Waals surface area contributed by atoms with Gasteiger partial charge in [-0.15, -0.1) is 0 Å². The normalized spacial score (nSPS) is 10.3. The van der Waals surface area contributed by atoms with E-state index in [9.17, 15) is 9.18 Å². The maximum atomic E-state index is 13.0. The minimum absolute atomic E-state index is 0.156. The molecule has 1 aromatic carbocycles. The first-order valence-corrected chi connectivity index (χ1v) is 7.16. The van der Waals surface area contributed by atoms with Crippen molar-refractivity contribution in [3.8, 4) is 5.75 Å². The lowest BCUT2D eigenvalue weighted by atomic mass is 10.2. The highest BCUT2D eigenvalue weighted by molar-refractivity contribution is 9.10. The number of ether oxygens (including phenoxy) is 2. The first kappa shape index (κ1) is 16.0. The summed E-state index contributed by atoms with van der Waals surface area (Å²) in [5, 5.41) is 0. The van der Waals surface area contributed by atoms with Crippen LogP contribution in [0.5, 0.6) is 5.75 Å². The van der Waals surface area contributed by atoms with Gasteiger partial charge in [-0.2, -0.15) is 0 Å². The van der Waals surface area contributed by atoms with Crippen LogP contribution >= 0.6 is 15.9 Å². The second kappa shape index (κ2) is 8.91. The van der Waals surface area contributed by atoms with E-state index in [-0.39, 0.29) is 11.8 Å². The summed E-state index contributed by atoms with van der Waals surface area (Å²) >= 11 is 3.30. The Morgan fingerprint density at radius 3 is 2.84 bits per heavy atom. The van der Waals surface area contributed by atoms with Crippen molar-refractivity contribution in [2.24, 2.45) is 0 Å². The maximum Gasteiger partial charge on any atom is 0.305 e. The van der Waals surface area contributed by atoms with Crippen molar-refractivity contribution in [2.45, 2.75) is 32.6 Å². The average molecular weight is 333 g/mol. The topological polar surface area (TPSA) is 35.5 Å². The van der Waals surface area contributed by atoms with Crippen LogP contribution in [0.2, 0.25) is 0 Å². The summed E-state index contributed by atoms with van der Waals surface area (Å²) in [6.07, 6.45) is 2.93. The summed E-state index contributed by atoms with van der Waals surface area (Å²) in [6, 6.07) is 4.34. The number of carbonyl (C=O) groups excluding carboxylic acids is 1. The number of rotatable bonds is 8. The van der Waals surface area contributed by atoms with Crippen LogP contribution in [0.25, 0.3) is 0 Å². The third kappa shape index (κ3) is 6.57. The molecule has 1 rings (SSSR count). The van der Waals surface area contributed by atoms with Crippen molar-refractivity contribution in [1.29, 1.82) is 0 Å². The van der Waals surface area contributed by atoms with Crippen LogP contribution in [-0.2, 0) is 9.53 Å². The number of esters is 1. The molecule has 0 atom stereocenters. The fraction of sp³-hybridized carbons (Fsp3) is 0.500. The van der Waals surface area contributed by atoms with Crippen molar-refractivity contribution >= 4 is 21.9 Å². The molecule has 0 N–H and O–H groups in total. The predicted molar refractivity (Wildman–Crippen MR) is 74.7 cm³/mol. The Morgan fingerprint density at radius 2 is 2.11 bits per heavy atom. The summed E-state index contributed by atoms with van der Waals surface area (Å²) in [7, 11) is 0. The summed E-state index contributed by atoms with van der Waals surface area (Å²) in [5.74, 6) is 0.0298. The zero-order chi connectivity index (χ0) is 14.1. The average Bonchev–Trinajstić information content (AvgIpc) is 2.38. The molecule has 0 fully saturated rings. The van der Waals surface area contributed by atoms with E-state index in [1.54, 1.807) is 13.0 Å². The quantitative estimate of drug-likeness (QED) is 0.531. The molecule has 0 amide bonds. The third-order valence-electron chi connectivity index (χ3n) is 2.48. The maximum absolute atomic E-state index is 13.0. The smallest absolute Gasteiger partial charge is 0.305 e. The number of halogens is 2. The summed E-state index contributed by atoms with van der Waals surface area (Å²) in [6.45, 7) is 2.73. The van der Waals surface area contributed by atoms with Crippen molar-refractivity contribution < 1.29 is 18.7 Å². The standard InChI is InChI=1S/C14H18BrFO3/c1-2-18-14(17)6-4-3-5-9-19-13-10-11(16)7-8-12(13)15/h7-8,10H,2-6,9H2,1H3. The van der Waals surface area contributed by atoms with Crippen LogP contribution in [0.3, 0.4) is 0 Å². The predicted octanol–water partition coefficient (Wildman–Crippen LogP) is 4.09. The van der Waals surface area contributed by atoms with E-state index in [2.05, 4.69) is 15.9 Å². The van der Waals surface area contributed by atoms with Gasteiger partial charge >= 0.3 is 5.97 Å². The summed E-state index contributed by atoms with van der Waals surface area (Å²) in [4.78, 5) is 11.1. The second-order valence-electron chi connectivity index (χ2n) is 4.04. The Balaban J connectivity index is 2.14. The molecular formula is C14H18BrFO3. The first-order chi connectivity index (χ1) is 9.13. The highest BCUT2D eigenvalue weighted by atomic mass is 79.9. The Morgan fingerprint density at radius 1 is 1.32 bits per heavy atom. The molecule has 0 aliphatic heterocycles. The highest BCUT2D eigenvalue weighted by Crippen LogP contribution is 2.25. The zero-order valence-electron chi connectivity index (χ0n) is 11.0. The molecule has 0 aliphatic rings. The Bertz CT molecular complexity index is 410. The van der Waals surface area contributed by atoms with E-state index in [1.165, 1.54) is 12.1 Å². The van der Waals surface area contributed by atoms with Gasteiger partial charge in [0.25, 0.3) is 0 Å². The highest BCUT2D eigenvalue weighted by Gasteiger charge is 2.03. The summed E-state index contributed by atoms with van der Waals surface area (Å²) in [5.41, 5.74) is 0. The van der Waals surface area contributed by atoms with Crippen molar-refractivity contribution in [2.75, 3.05) is 13.2 Å². The van der Waals surface area contributed by atoms with E-state index in [0.29, 0.717) is 25.4 Å². The van der Waals surface area contributed by atoms with Crippen LogP contribution < -0.4 is 4.74 Å². The monoisotopic (exact) mass is 332 g/mol. The van der Waals surface area contributed by atoms with Gasteiger partial charge in [0.2, 0.25) is 0 Å². The third-order valence-corrected chi connectivity index (χ3v) is 3.14. The van der Waals surface area contributed by atoms with Crippen LogP contribution in [0.15, 0.2) is 22.7 Å². The molecule has 0 saturated carbocycles. The summed E-state index contributed by atoms with van der Waals surface area (Å²) < 4.78 is 24.0. The molecule has 19 heavy (non-hydrogen) atoms. The van der Waals surface area contributed by atoms with E-state index >= 15 is 0 Å². The minimum Gasteiger partial charge on any atom is -0.492 e. The lowest BCUT2D eigenvalue weighted by molar-refractivity contribution is -0.143. The van der Waals surface area contributed by atoms with Gasteiger partial charge in [0, 0.05) is 12.5 Å². The number of carbonyl (C=O) groups is 1. The lowest BCUT2D eigenvalue weighted by Crippen LogP contribution is -2.04. The largest absolute Gasteiger partial charge is 0.492 e. The van der Waals surface area contributed by atoms with Gasteiger partial charge in [-0.1, -0.05) is 0 Å². The van der Waals surface area contributed by atoms with Gasteiger partial charge in [0.05, 0.1) is 17.7 Å². The fourth-order valence-corrected chi connectivity index (χ4v) is 1.91. The molecule has 106 valence electrons. The SMILES string of the molecule is CCOC(=O)CCCCCOc1cc(F)ccc1Br. The van der Waals surface area contributed by atoms with Gasteiger partial charge in [-0.05, 0) is 54.2 Å². The molecule has 0 radical (unpaired) electrons. The second-order valence-corrected chi connectivity index (χ2v) is 4.89. The molecule has 0 spiro atoms. The molecule has 0 heterocycles. The molecule has 0 saturated heterocycles. The zero-order valence-corrected chi connectivity index (χ0v) is 12.5. The Kier molecular flexibility index (Phi) is 7.48. The molecule has 0 aliphatic carbocycles. The Hall–Kier alpha value is -1.10. The molecule has 1 aromatic rings. The number of benzene rings is 1. The molecular weight excluding hydrogens is 315 g/mol. The first-order valence-electron chi connectivity index (χ1n) is 6.37. The number of hydrogen-bond donors (Lipinski definition) is 0. The number of unbranched alkanes of at least 4 members (excludes halogenated alkanes) is 2. The van der Waals surface area contributed by atoms with Gasteiger partial charge in [-0.3, -0.25) is 4.79 Å². The number of hydrogen-bond acceptors (Lipinski definition) is 3. The lowest BCUT2D eigenvalue weighted by Gasteiger charge is -2.08. The van der Waals surface area contributed by atoms with Gasteiger partial charge in [0.1, 0.15) is 11.6 Å². The molecule has 0 unspecified atom stereocenters. The molecule has 5 heteroatoms. The van der Waals surface area contributed by atoms with Crippen molar-refractivity contribution in [3.05, 3.63) is 28.5 Å². The van der Waals surface area contributed by atoms with Gasteiger partial charge in [-0.25, -0.2) is 4.39 Å². The Labute approximate surface area is 121 Å². The minimum atomic E-state index is -0.319. The van der Waals surface area contributed by atoms with Gasteiger partial charge < -0.3 is 9.47 Å². The van der Waals surface area contributed by atoms with Gasteiger partial charge in [0.15, 0.2) is 0 Å². The van der Waals surface area contributed by atoms with Crippen LogP contribution in [0, 0.1) is 5.82 Å². The molecule has 0 bridgehead atoms.